The average Bonchev–Trinajstić information content (AvgIpc) is 3.82. The molecule has 56 heavy (non-hydrogen) atoms. The van der Waals surface area contributed by atoms with E-state index in [0.717, 1.165) is 27.7 Å². The van der Waals surface area contributed by atoms with Crippen molar-refractivity contribution in [2.45, 2.75) is 95.0 Å². The molecular formula is C29H39N5O19P2S. The Morgan fingerprint density at radius 2 is 1.82 bits per heavy atom. The first-order valence-corrected chi connectivity index (χ1v) is 20.9. The molecule has 4 fully saturated rings. The fourth-order valence-corrected chi connectivity index (χ4v) is 10.7. The summed E-state index contributed by atoms with van der Waals surface area (Å²) in [5.74, 6) is -9.22. The number of imidazole rings is 1. The Morgan fingerprint density at radius 3 is 2.45 bits per heavy atom. The van der Waals surface area contributed by atoms with Crippen molar-refractivity contribution in [1.82, 2.24) is 19.5 Å². The van der Waals surface area contributed by atoms with E-state index in [1.807, 2.05) is 0 Å². The average molecular weight is 856 g/mol. The standard InChI is InChI=1S/C29H39N5O19P2S/c1-12(35)44-8-16(47-13(2)36)18-22(48-14(3)37)21(39)19-26(51-29(18,19)50-15(4)38)52-54(41,42)53-55(43,56)46-9-17-23(40)28(6-5-7-45-28)27(49-17)34-11-33-20-24(30)31-10-32-25(20)34/h10-11,16-19,21-23,26-27,39-40H,5-9H2,1-4H3,(H,41,42)(H,43,56)(H2,30,31,32)/t16-,17+,18?,19?,21?,22?,23+,26?,27+,28+,29?,55?/m0/s1. The number of phosphoric ester groups is 1. The van der Waals surface area contributed by atoms with Crippen LogP contribution in [0, 0.1) is 11.8 Å². The molecular weight excluding hydrogens is 816 g/mol. The number of anilines is 1. The van der Waals surface area contributed by atoms with Crippen molar-refractivity contribution in [3.8, 4) is 0 Å². The second kappa shape index (κ2) is 15.8. The molecule has 0 aromatic carbocycles. The predicted octanol–water partition coefficient (Wildman–Crippen LogP) is -0.768. The molecule has 2 aromatic rings. The molecule has 27 heteroatoms. The Labute approximate surface area is 321 Å². The van der Waals surface area contributed by atoms with Crippen LogP contribution in [0.4, 0.5) is 5.82 Å². The van der Waals surface area contributed by atoms with Gasteiger partial charge in [0.15, 0.2) is 24.0 Å². The molecule has 6 rings (SSSR count). The van der Waals surface area contributed by atoms with Crippen LogP contribution in [-0.2, 0) is 82.1 Å². The molecule has 6 N–H and O–H groups in total. The highest BCUT2D eigenvalue weighted by molar-refractivity contribution is 8.08. The summed E-state index contributed by atoms with van der Waals surface area (Å²) in [4.78, 5) is 82.1. The lowest BCUT2D eigenvalue weighted by Crippen LogP contribution is -2.67. The molecule has 13 atom stereocenters. The zero-order chi connectivity index (χ0) is 41.0. The van der Waals surface area contributed by atoms with Gasteiger partial charge in [-0.1, -0.05) is 0 Å². The number of carbonyl (C=O) groups is 4. The Kier molecular flexibility index (Phi) is 11.9. The number of esters is 4. The molecule has 24 nitrogen and oxygen atoms in total. The van der Waals surface area contributed by atoms with Crippen LogP contribution < -0.4 is 5.73 Å². The van der Waals surface area contributed by atoms with Gasteiger partial charge in [-0.15, -0.1) is 0 Å². The number of nitrogen functional groups attached to an aromatic ring is 1. The number of carbonyl (C=O) groups excluding carboxylic acids is 4. The van der Waals surface area contributed by atoms with E-state index in [2.05, 4.69) is 15.0 Å². The molecule has 0 bridgehead atoms. The van der Waals surface area contributed by atoms with Crippen LogP contribution in [0.2, 0.25) is 0 Å². The van der Waals surface area contributed by atoms with Gasteiger partial charge in [0.1, 0.15) is 66.4 Å². The summed E-state index contributed by atoms with van der Waals surface area (Å²) in [6.07, 6.45) is -7.37. The van der Waals surface area contributed by atoms with E-state index in [9.17, 15) is 43.7 Å². The van der Waals surface area contributed by atoms with Gasteiger partial charge in [-0.25, -0.2) is 23.8 Å². The molecule has 4 aliphatic rings. The lowest BCUT2D eigenvalue weighted by atomic mass is 9.85. The zero-order valence-corrected chi connectivity index (χ0v) is 32.6. The highest BCUT2D eigenvalue weighted by Crippen LogP contribution is 2.66. The number of aliphatic hydroxyl groups excluding tert-OH is 2. The van der Waals surface area contributed by atoms with E-state index in [1.165, 1.54) is 17.2 Å². The van der Waals surface area contributed by atoms with E-state index in [-0.39, 0.29) is 23.6 Å². The minimum Gasteiger partial charge on any atom is -0.462 e. The quantitative estimate of drug-likeness (QED) is 0.0885. The summed E-state index contributed by atoms with van der Waals surface area (Å²) in [5, 5.41) is 22.8. The summed E-state index contributed by atoms with van der Waals surface area (Å²) in [7, 11) is -5.54. The summed E-state index contributed by atoms with van der Waals surface area (Å²) < 4.78 is 68.9. The van der Waals surface area contributed by atoms with Gasteiger partial charge in [-0.3, -0.25) is 28.3 Å². The van der Waals surface area contributed by atoms with Crippen molar-refractivity contribution in [2.75, 3.05) is 25.6 Å². The number of phosphoric acid groups is 1. The van der Waals surface area contributed by atoms with Gasteiger partial charge in [0.25, 0.3) is 0 Å². The van der Waals surface area contributed by atoms with E-state index >= 15 is 0 Å². The number of rotatable bonds is 14. The number of nitrogens with zero attached hydrogens (tertiary/aromatic N) is 4. The first kappa shape index (κ1) is 42.3. The normalized spacial score (nSPS) is 34.9. The Bertz CT molecular complexity index is 1970. The minimum absolute atomic E-state index is 0.101. The number of aromatic nitrogens is 4. The Hall–Kier alpha value is -3.29. The largest absolute Gasteiger partial charge is 0.481 e. The van der Waals surface area contributed by atoms with Crippen molar-refractivity contribution in [2.24, 2.45) is 11.8 Å². The molecule has 2 aromatic heterocycles. The van der Waals surface area contributed by atoms with Gasteiger partial charge in [-0.05, 0) is 24.6 Å². The van der Waals surface area contributed by atoms with E-state index in [1.54, 1.807) is 0 Å². The minimum atomic E-state index is -5.54. The summed E-state index contributed by atoms with van der Waals surface area (Å²) in [6.45, 7) is -1.87. The van der Waals surface area contributed by atoms with Crippen LogP contribution in [-0.4, -0.2) is 131 Å². The predicted molar refractivity (Wildman–Crippen MR) is 182 cm³/mol. The third-order valence-corrected chi connectivity index (χ3v) is 13.0. The maximum Gasteiger partial charge on any atom is 0.481 e. The highest BCUT2D eigenvalue weighted by Gasteiger charge is 2.78. The summed E-state index contributed by atoms with van der Waals surface area (Å²) >= 11 is 4.98. The second-order valence-electron chi connectivity index (χ2n) is 13.2. The number of fused-ring (bicyclic) bond motifs is 2. The van der Waals surface area contributed by atoms with E-state index < -0.39 is 118 Å². The zero-order valence-electron chi connectivity index (χ0n) is 30.0. The monoisotopic (exact) mass is 855 g/mol. The number of hydrogen-bond acceptors (Lipinski definition) is 22. The molecule has 1 saturated carbocycles. The van der Waals surface area contributed by atoms with Crippen LogP contribution >= 0.6 is 14.5 Å². The molecule has 1 spiro atoms. The van der Waals surface area contributed by atoms with Gasteiger partial charge in [0.2, 0.25) is 5.79 Å². The molecule has 310 valence electrons. The van der Waals surface area contributed by atoms with E-state index in [0.29, 0.717) is 12.8 Å². The SMILES string of the molecule is CC(=O)OC[C@H](OC(C)=O)C1C(OC(C)=O)C(O)C2C(OP(=O)(O)OP(O)(=S)OC[C@H]3O[C@@H](n4cnc5c(N)ncnc54)[C@@]4(CCCO4)[C@@H]3O)OC21OC(C)=O. The lowest BCUT2D eigenvalue weighted by Gasteiger charge is -2.52. The molecule has 8 unspecified atom stereocenters. The Balaban J connectivity index is 1.17. The second-order valence-corrected chi connectivity index (χ2v) is 17.6. The van der Waals surface area contributed by atoms with Gasteiger partial charge in [0.05, 0.1) is 12.9 Å². The lowest BCUT2D eigenvalue weighted by molar-refractivity contribution is -0.426. The van der Waals surface area contributed by atoms with E-state index in [4.69, 9.17) is 64.1 Å². The fourth-order valence-electron chi connectivity index (χ4n) is 7.57. The fraction of sp³-hybridized carbons (Fsp3) is 0.690. The van der Waals surface area contributed by atoms with Gasteiger partial charge in [-0.2, -0.15) is 0 Å². The number of ether oxygens (including phenoxy) is 7. The molecule has 0 amide bonds. The van der Waals surface area contributed by atoms with Crippen molar-refractivity contribution in [1.29, 1.82) is 0 Å². The highest BCUT2D eigenvalue weighted by atomic mass is 32.5. The Morgan fingerprint density at radius 1 is 1.09 bits per heavy atom. The van der Waals surface area contributed by atoms with Crippen molar-refractivity contribution >= 4 is 67.2 Å². The first-order valence-electron chi connectivity index (χ1n) is 16.8. The van der Waals surface area contributed by atoms with Crippen LogP contribution in [0.25, 0.3) is 11.2 Å². The first-order chi connectivity index (χ1) is 26.2. The third kappa shape index (κ3) is 8.06. The number of nitrogens with two attached hydrogens (primary N) is 1. The molecule has 3 saturated heterocycles. The molecule has 1 aliphatic carbocycles. The van der Waals surface area contributed by atoms with Gasteiger partial charge >= 0.3 is 38.4 Å². The van der Waals surface area contributed by atoms with Gasteiger partial charge < -0.3 is 63.4 Å². The van der Waals surface area contributed by atoms with Crippen LogP contribution in [0.5, 0.6) is 0 Å². The number of aliphatic hydroxyl groups is 2. The van der Waals surface area contributed by atoms with Crippen molar-refractivity contribution in [3.05, 3.63) is 12.7 Å². The summed E-state index contributed by atoms with van der Waals surface area (Å²) in [5.41, 5.74) is 5.15. The maximum absolute atomic E-state index is 13.3. The van der Waals surface area contributed by atoms with Crippen molar-refractivity contribution in [3.63, 3.8) is 0 Å². The van der Waals surface area contributed by atoms with Gasteiger partial charge in [0, 0.05) is 34.3 Å². The van der Waals surface area contributed by atoms with Crippen LogP contribution in [0.1, 0.15) is 46.8 Å². The molecule has 0 radical (unpaired) electrons. The number of hydrogen-bond donors (Lipinski definition) is 5. The maximum atomic E-state index is 13.3. The molecule has 3 aliphatic heterocycles. The molecule has 5 heterocycles. The van der Waals surface area contributed by atoms with Crippen molar-refractivity contribution < 1.29 is 90.3 Å². The van der Waals surface area contributed by atoms with Crippen LogP contribution in [0.3, 0.4) is 0 Å². The van der Waals surface area contributed by atoms with Crippen LogP contribution in [0.15, 0.2) is 12.7 Å². The third-order valence-electron chi connectivity index (χ3n) is 9.50. The topological polar surface area (TPSA) is 328 Å². The summed E-state index contributed by atoms with van der Waals surface area (Å²) in [6, 6.07) is 0. The smallest absolute Gasteiger partial charge is 0.462 e.